The van der Waals surface area contributed by atoms with Crippen LogP contribution in [0.3, 0.4) is 0 Å². The Bertz CT molecular complexity index is 1160. The Hall–Kier alpha value is -4.41. The van der Waals surface area contributed by atoms with Gasteiger partial charge in [0.15, 0.2) is 5.96 Å². The molecular weight excluding hydrogens is 526 g/mol. The van der Waals surface area contributed by atoms with E-state index in [0.29, 0.717) is 25.8 Å². The van der Waals surface area contributed by atoms with Gasteiger partial charge in [-0.05, 0) is 49.3 Å². The zero-order valence-corrected chi connectivity index (χ0v) is 23.7. The van der Waals surface area contributed by atoms with Gasteiger partial charge in [-0.15, -0.1) is 0 Å². The number of esters is 1. The van der Waals surface area contributed by atoms with Crippen LogP contribution in [0.25, 0.3) is 11.1 Å². The number of carboxylic acid groups (broad SMARTS) is 1. The Morgan fingerprint density at radius 1 is 0.951 bits per heavy atom. The van der Waals surface area contributed by atoms with Crippen LogP contribution in [0.1, 0.15) is 51.5 Å². The van der Waals surface area contributed by atoms with E-state index in [-0.39, 0.29) is 49.7 Å². The van der Waals surface area contributed by atoms with Gasteiger partial charge in [0.05, 0.1) is 12.5 Å². The molecular formula is C30H41N5O6. The van der Waals surface area contributed by atoms with E-state index in [9.17, 15) is 24.3 Å². The molecule has 0 saturated heterocycles. The van der Waals surface area contributed by atoms with Crippen LogP contribution in [-0.2, 0) is 30.3 Å². The van der Waals surface area contributed by atoms with E-state index in [1.54, 1.807) is 13.8 Å². The maximum Gasteiger partial charge on any atom is 0.326 e. The van der Waals surface area contributed by atoms with Gasteiger partial charge in [-0.1, -0.05) is 61.5 Å². The molecule has 11 heteroatoms. The molecule has 7 N–H and O–H groups in total. The van der Waals surface area contributed by atoms with Crippen LogP contribution in [0.15, 0.2) is 54.6 Å². The van der Waals surface area contributed by atoms with Gasteiger partial charge in [-0.25, -0.2) is 4.79 Å². The zero-order chi connectivity index (χ0) is 30.2. The average molecular weight is 568 g/mol. The Balaban J connectivity index is 1.97. The third kappa shape index (κ3) is 12.5. The lowest BCUT2D eigenvalue weighted by atomic mass is 9.94. The molecule has 0 saturated carbocycles. The summed E-state index contributed by atoms with van der Waals surface area (Å²) in [6, 6.07) is 16.5. The summed E-state index contributed by atoms with van der Waals surface area (Å²) in [5.41, 5.74) is 8.34. The van der Waals surface area contributed by atoms with Crippen molar-refractivity contribution in [2.75, 3.05) is 13.2 Å². The lowest BCUT2D eigenvalue weighted by Gasteiger charge is -2.22. The number of guanidine groups is 1. The van der Waals surface area contributed by atoms with Crippen LogP contribution in [0.4, 0.5) is 0 Å². The molecule has 2 aromatic rings. The lowest BCUT2D eigenvalue weighted by molar-refractivity contribution is -0.148. The normalized spacial score (nSPS) is 12.8. The first-order chi connectivity index (χ1) is 19.6. The van der Waals surface area contributed by atoms with Gasteiger partial charge in [0.25, 0.3) is 0 Å². The maximum absolute atomic E-state index is 12.8. The highest BCUT2D eigenvalue weighted by Crippen LogP contribution is 2.21. The number of nitrogens with two attached hydrogens (primary N) is 1. The Kier molecular flexibility index (Phi) is 13.9. The number of hydrogen-bond acceptors (Lipinski definition) is 6. The fraction of sp³-hybridized carbons (Fsp3) is 0.433. The van der Waals surface area contributed by atoms with Crippen LogP contribution in [-0.4, -0.2) is 60.1 Å². The molecule has 2 amide bonds. The summed E-state index contributed by atoms with van der Waals surface area (Å²) in [4.78, 5) is 48.9. The monoisotopic (exact) mass is 567 g/mol. The van der Waals surface area contributed by atoms with E-state index < -0.39 is 23.8 Å². The minimum atomic E-state index is -1.18. The number of carbonyl (C=O) groups excluding carboxylic acids is 3. The Morgan fingerprint density at radius 2 is 1.56 bits per heavy atom. The van der Waals surface area contributed by atoms with Crippen molar-refractivity contribution in [1.82, 2.24) is 16.0 Å². The number of carboxylic acids is 1. The van der Waals surface area contributed by atoms with Crippen molar-refractivity contribution in [3.8, 4) is 11.1 Å². The molecule has 0 spiro atoms. The first-order valence-corrected chi connectivity index (χ1v) is 13.8. The quantitative estimate of drug-likeness (QED) is 0.0729. The molecule has 2 aromatic carbocycles. The van der Waals surface area contributed by atoms with Gasteiger partial charge in [0.1, 0.15) is 6.04 Å². The summed E-state index contributed by atoms with van der Waals surface area (Å²) in [5.74, 6) is -3.12. The van der Waals surface area contributed by atoms with Gasteiger partial charge in [0, 0.05) is 25.4 Å². The Labute approximate surface area is 240 Å². The molecule has 41 heavy (non-hydrogen) atoms. The van der Waals surface area contributed by atoms with E-state index in [2.05, 4.69) is 16.0 Å². The second kappa shape index (κ2) is 17.3. The van der Waals surface area contributed by atoms with Crippen LogP contribution in [0, 0.1) is 11.3 Å². The standard InChI is InChI=1S/C30H41N5O6/c1-3-41-29(40)20(2)18-24(19-21-11-13-23(14-12-21)22-8-5-4-6-9-22)34-26(36)15-16-27(37)35-25(28(38)39)10-7-17-33-30(31)32/h4-6,8-9,11-14,20,24-25H,3,7,10,15-19H2,1-2H3,(H,34,36)(H,35,37)(H,38,39)(H4,31,32,33)/t20-,24+,25+/m1/s1. The minimum Gasteiger partial charge on any atom is -0.480 e. The Morgan fingerprint density at radius 3 is 2.15 bits per heavy atom. The highest BCUT2D eigenvalue weighted by molar-refractivity contribution is 5.87. The van der Waals surface area contributed by atoms with Gasteiger partial charge < -0.3 is 31.5 Å². The molecule has 0 unspecified atom stereocenters. The van der Waals surface area contributed by atoms with Gasteiger partial charge in [-0.3, -0.25) is 19.8 Å². The van der Waals surface area contributed by atoms with Crippen molar-refractivity contribution in [1.29, 1.82) is 5.41 Å². The molecule has 0 fully saturated rings. The van der Waals surface area contributed by atoms with Gasteiger partial charge in [-0.2, -0.15) is 0 Å². The molecule has 0 radical (unpaired) electrons. The van der Waals surface area contributed by atoms with E-state index in [1.165, 1.54) is 0 Å². The number of amides is 2. The van der Waals surface area contributed by atoms with Crippen molar-refractivity contribution >= 4 is 29.7 Å². The van der Waals surface area contributed by atoms with Gasteiger partial charge in [0.2, 0.25) is 11.8 Å². The van der Waals surface area contributed by atoms with Crippen LogP contribution < -0.4 is 21.7 Å². The molecule has 0 heterocycles. The molecule has 0 aliphatic carbocycles. The SMILES string of the molecule is CCOC(=O)[C@H](C)C[C@@H](Cc1ccc(-c2ccccc2)cc1)NC(=O)CCC(=O)N[C@@H](CCCNC(=N)N)C(=O)O. The van der Waals surface area contributed by atoms with Gasteiger partial charge >= 0.3 is 11.9 Å². The number of aliphatic carboxylic acids is 1. The lowest BCUT2D eigenvalue weighted by Crippen LogP contribution is -2.42. The zero-order valence-electron chi connectivity index (χ0n) is 23.7. The summed E-state index contributed by atoms with van der Waals surface area (Å²) < 4.78 is 5.13. The second-order valence-corrected chi connectivity index (χ2v) is 9.86. The van der Waals surface area contributed by atoms with E-state index in [1.807, 2.05) is 54.6 Å². The smallest absolute Gasteiger partial charge is 0.326 e. The van der Waals surface area contributed by atoms with Crippen molar-refractivity contribution in [3.05, 3.63) is 60.2 Å². The van der Waals surface area contributed by atoms with Crippen molar-refractivity contribution < 1.29 is 29.0 Å². The molecule has 0 aromatic heterocycles. The summed E-state index contributed by atoms with van der Waals surface area (Å²) in [6.07, 6.45) is 1.03. The van der Waals surface area contributed by atoms with Crippen molar-refractivity contribution in [2.45, 2.75) is 64.5 Å². The fourth-order valence-electron chi connectivity index (χ4n) is 4.33. The first kappa shape index (κ1) is 32.8. The van der Waals surface area contributed by atoms with E-state index in [0.717, 1.165) is 16.7 Å². The van der Waals surface area contributed by atoms with E-state index in [4.69, 9.17) is 15.9 Å². The molecule has 3 atom stereocenters. The summed E-state index contributed by atoms with van der Waals surface area (Å²) in [6.45, 7) is 4.06. The van der Waals surface area contributed by atoms with Crippen LogP contribution in [0.2, 0.25) is 0 Å². The number of ether oxygens (including phenoxy) is 1. The van der Waals surface area contributed by atoms with Crippen molar-refractivity contribution in [2.24, 2.45) is 11.7 Å². The summed E-state index contributed by atoms with van der Waals surface area (Å²) in [5, 5.41) is 24.5. The number of hydrogen-bond donors (Lipinski definition) is 6. The minimum absolute atomic E-state index is 0.138. The number of rotatable bonds is 17. The molecule has 222 valence electrons. The molecule has 2 rings (SSSR count). The predicted molar refractivity (Wildman–Crippen MR) is 156 cm³/mol. The number of nitrogens with one attached hydrogen (secondary N) is 4. The van der Waals surface area contributed by atoms with Crippen LogP contribution >= 0.6 is 0 Å². The highest BCUT2D eigenvalue weighted by atomic mass is 16.5. The highest BCUT2D eigenvalue weighted by Gasteiger charge is 2.23. The molecule has 11 nitrogen and oxygen atoms in total. The third-order valence-electron chi connectivity index (χ3n) is 6.43. The first-order valence-electron chi connectivity index (χ1n) is 13.8. The molecule has 0 aliphatic rings. The average Bonchev–Trinajstić information content (AvgIpc) is 2.94. The topological polar surface area (TPSA) is 184 Å². The number of carbonyl (C=O) groups is 4. The number of benzene rings is 2. The van der Waals surface area contributed by atoms with Crippen molar-refractivity contribution in [3.63, 3.8) is 0 Å². The predicted octanol–water partition coefficient (Wildman–Crippen LogP) is 2.58. The summed E-state index contributed by atoms with van der Waals surface area (Å²) >= 11 is 0. The van der Waals surface area contributed by atoms with E-state index >= 15 is 0 Å². The summed E-state index contributed by atoms with van der Waals surface area (Å²) in [7, 11) is 0. The fourth-order valence-corrected chi connectivity index (χ4v) is 4.33. The maximum atomic E-state index is 12.8. The third-order valence-corrected chi connectivity index (χ3v) is 6.43. The largest absolute Gasteiger partial charge is 0.480 e. The van der Waals surface area contributed by atoms with Crippen LogP contribution in [0.5, 0.6) is 0 Å². The second-order valence-electron chi connectivity index (χ2n) is 9.86. The molecule has 0 bridgehead atoms. The molecule has 0 aliphatic heterocycles.